The first-order chi connectivity index (χ1) is 21.1. The van der Waals surface area contributed by atoms with E-state index in [1.807, 2.05) is 30.3 Å². The molecule has 0 saturated carbocycles. The van der Waals surface area contributed by atoms with Crippen LogP contribution in [0.15, 0.2) is 72.3 Å². The molecule has 0 aromatic heterocycles. The van der Waals surface area contributed by atoms with Crippen molar-refractivity contribution in [2.45, 2.75) is 57.4 Å². The third kappa shape index (κ3) is 7.40. The second-order valence-corrected chi connectivity index (χ2v) is 12.2. The van der Waals surface area contributed by atoms with Gasteiger partial charge in [-0.05, 0) is 86.5 Å². The number of rotatable bonds is 8. The number of nitrogens with one attached hydrogen (secondary N) is 1. The Kier molecular flexibility index (Phi) is 9.56. The van der Waals surface area contributed by atoms with E-state index in [4.69, 9.17) is 11.0 Å². The van der Waals surface area contributed by atoms with Crippen molar-refractivity contribution in [1.82, 2.24) is 15.1 Å². The molecule has 2 amide bonds. The SMILES string of the molecule is N#Cc1ccc(CN2CCC(C3(C(=O)NC4CCN(Cc5ccc(C(F)(F)F)cc5)CC4)C=CC(C(N)=O)=CC3)CC2)cc1. The molecule has 0 radical (unpaired) electrons. The monoisotopic (exact) mass is 605 g/mol. The molecule has 2 aliphatic heterocycles. The number of halogens is 3. The fourth-order valence-electron chi connectivity index (χ4n) is 6.65. The molecule has 44 heavy (non-hydrogen) atoms. The normalized spacial score (nSPS) is 22.3. The standard InChI is InChI=1S/C34H38F3N5O2/c35-34(36,37)29-7-5-26(6-8-29)23-42-19-13-30(14-20-42)40-32(44)33(15-9-27(10-16-33)31(39)43)28-11-17-41(18-12-28)22-25-3-1-24(21-38)2-4-25/h1-10,15,28,30H,11-14,16-20,22-23H2,(H2,39,43)(H,40,44). The molecule has 3 aliphatic rings. The second-order valence-electron chi connectivity index (χ2n) is 12.2. The maximum atomic E-state index is 14.0. The number of nitrogens with zero attached hydrogens (tertiary/aromatic N) is 3. The van der Waals surface area contributed by atoms with Gasteiger partial charge in [-0.25, -0.2) is 0 Å². The zero-order chi connectivity index (χ0) is 31.3. The highest BCUT2D eigenvalue weighted by molar-refractivity contribution is 5.96. The minimum absolute atomic E-state index is 0.00498. The number of carbonyl (C=O) groups excluding carboxylic acids is 2. The summed E-state index contributed by atoms with van der Waals surface area (Å²) < 4.78 is 38.7. The molecule has 2 aromatic carbocycles. The highest BCUT2D eigenvalue weighted by Gasteiger charge is 2.45. The van der Waals surface area contributed by atoms with Gasteiger partial charge < -0.3 is 11.1 Å². The average molecular weight is 606 g/mol. The van der Waals surface area contributed by atoms with Gasteiger partial charge in [-0.2, -0.15) is 18.4 Å². The van der Waals surface area contributed by atoms with Crippen molar-refractivity contribution >= 4 is 11.8 Å². The molecule has 2 aromatic rings. The Hall–Kier alpha value is -3.94. The van der Waals surface area contributed by atoms with E-state index in [1.165, 1.54) is 12.1 Å². The molecule has 3 N–H and O–H groups in total. The second kappa shape index (κ2) is 13.4. The summed E-state index contributed by atoms with van der Waals surface area (Å²) in [6.45, 7) is 4.48. The van der Waals surface area contributed by atoms with E-state index in [0.717, 1.165) is 81.7 Å². The van der Waals surface area contributed by atoms with Crippen LogP contribution in [0.1, 0.15) is 54.4 Å². The van der Waals surface area contributed by atoms with Crippen LogP contribution in [0.5, 0.6) is 0 Å². The molecule has 2 fully saturated rings. The molecule has 232 valence electrons. The lowest BCUT2D eigenvalue weighted by atomic mass is 9.65. The summed E-state index contributed by atoms with van der Waals surface area (Å²) in [5.41, 5.74) is 7.14. The van der Waals surface area contributed by atoms with Gasteiger partial charge in [-0.3, -0.25) is 19.4 Å². The number of piperidine rings is 2. The summed E-state index contributed by atoms with van der Waals surface area (Å²) in [6, 6.07) is 15.1. The fraction of sp³-hybridized carbons (Fsp3) is 0.441. The van der Waals surface area contributed by atoms with Gasteiger partial charge in [0.15, 0.2) is 0 Å². The highest BCUT2D eigenvalue weighted by atomic mass is 19.4. The molecule has 1 aliphatic carbocycles. The van der Waals surface area contributed by atoms with Gasteiger partial charge in [0, 0.05) is 37.8 Å². The topological polar surface area (TPSA) is 102 Å². The van der Waals surface area contributed by atoms with Crippen molar-refractivity contribution in [3.63, 3.8) is 0 Å². The van der Waals surface area contributed by atoms with Gasteiger partial charge in [-0.15, -0.1) is 0 Å². The Labute approximate surface area is 256 Å². The lowest BCUT2D eigenvalue weighted by molar-refractivity contribution is -0.137. The van der Waals surface area contributed by atoms with E-state index >= 15 is 0 Å². The van der Waals surface area contributed by atoms with Gasteiger partial charge >= 0.3 is 6.18 Å². The van der Waals surface area contributed by atoms with E-state index in [2.05, 4.69) is 21.2 Å². The van der Waals surface area contributed by atoms with Crippen molar-refractivity contribution < 1.29 is 22.8 Å². The number of alkyl halides is 3. The Balaban J connectivity index is 1.18. The molecule has 1 unspecified atom stereocenters. The Morgan fingerprint density at radius 1 is 0.909 bits per heavy atom. The molecule has 5 rings (SSSR count). The third-order valence-corrected chi connectivity index (χ3v) is 9.34. The molecule has 2 heterocycles. The van der Waals surface area contributed by atoms with Crippen molar-refractivity contribution in [1.29, 1.82) is 5.26 Å². The lowest BCUT2D eigenvalue weighted by Crippen LogP contribution is -2.53. The molecule has 2 saturated heterocycles. The number of hydrogen-bond acceptors (Lipinski definition) is 5. The summed E-state index contributed by atoms with van der Waals surface area (Å²) in [7, 11) is 0. The Morgan fingerprint density at radius 2 is 1.45 bits per heavy atom. The number of nitrogens with two attached hydrogens (primary N) is 1. The molecule has 1 atom stereocenters. The van der Waals surface area contributed by atoms with Crippen molar-refractivity contribution in [2.75, 3.05) is 26.2 Å². The number of benzene rings is 2. The van der Waals surface area contributed by atoms with Crippen LogP contribution in [0.3, 0.4) is 0 Å². The number of primary amides is 1. The summed E-state index contributed by atoms with van der Waals surface area (Å²) >= 11 is 0. The predicted molar refractivity (Wildman–Crippen MR) is 161 cm³/mol. The van der Waals surface area contributed by atoms with Crippen LogP contribution in [0.25, 0.3) is 0 Å². The van der Waals surface area contributed by atoms with Gasteiger partial charge in [0.2, 0.25) is 11.8 Å². The van der Waals surface area contributed by atoms with Crippen LogP contribution >= 0.6 is 0 Å². The molecule has 0 bridgehead atoms. The van der Waals surface area contributed by atoms with Crippen LogP contribution in [-0.4, -0.2) is 53.8 Å². The van der Waals surface area contributed by atoms with Crippen molar-refractivity contribution in [3.05, 3.63) is 94.6 Å². The van der Waals surface area contributed by atoms with E-state index in [1.54, 1.807) is 12.2 Å². The molecular formula is C34H38F3N5O2. The fourth-order valence-corrected chi connectivity index (χ4v) is 6.65. The molecule has 10 heteroatoms. The Bertz CT molecular complexity index is 1430. The number of allylic oxidation sites excluding steroid dienone is 1. The van der Waals surface area contributed by atoms with Crippen molar-refractivity contribution in [3.8, 4) is 6.07 Å². The number of carbonyl (C=O) groups is 2. The smallest absolute Gasteiger partial charge is 0.366 e. The first-order valence-electron chi connectivity index (χ1n) is 15.2. The van der Waals surface area contributed by atoms with Gasteiger partial charge in [-0.1, -0.05) is 42.5 Å². The summed E-state index contributed by atoms with van der Waals surface area (Å²) in [6.07, 6.45) is 4.61. The van der Waals surface area contributed by atoms with Crippen LogP contribution in [-0.2, 0) is 28.9 Å². The first kappa shape index (κ1) is 31.5. The van der Waals surface area contributed by atoms with E-state index in [0.29, 0.717) is 24.1 Å². The maximum Gasteiger partial charge on any atom is 0.416 e. The minimum Gasteiger partial charge on any atom is -0.366 e. The number of hydrogen-bond donors (Lipinski definition) is 2. The van der Waals surface area contributed by atoms with Crippen LogP contribution in [0, 0.1) is 22.7 Å². The van der Waals surface area contributed by atoms with Crippen LogP contribution in [0.4, 0.5) is 13.2 Å². The van der Waals surface area contributed by atoms with E-state index < -0.39 is 23.1 Å². The lowest BCUT2D eigenvalue weighted by Gasteiger charge is -2.44. The number of nitriles is 1. The van der Waals surface area contributed by atoms with Crippen LogP contribution < -0.4 is 11.1 Å². The van der Waals surface area contributed by atoms with Gasteiger partial charge in [0.25, 0.3) is 0 Å². The number of likely N-dealkylation sites (tertiary alicyclic amines) is 2. The summed E-state index contributed by atoms with van der Waals surface area (Å²) in [5.74, 6) is -0.436. The number of amides is 2. The highest BCUT2D eigenvalue weighted by Crippen LogP contribution is 2.43. The quantitative estimate of drug-likeness (QED) is 0.445. The zero-order valence-corrected chi connectivity index (χ0v) is 24.7. The first-order valence-corrected chi connectivity index (χ1v) is 15.2. The predicted octanol–water partition coefficient (Wildman–Crippen LogP) is 4.93. The largest absolute Gasteiger partial charge is 0.416 e. The Morgan fingerprint density at radius 3 is 1.93 bits per heavy atom. The van der Waals surface area contributed by atoms with E-state index in [-0.39, 0.29) is 17.9 Å². The molecule has 0 spiro atoms. The zero-order valence-electron chi connectivity index (χ0n) is 24.7. The summed E-state index contributed by atoms with van der Waals surface area (Å²) in [5, 5.41) is 12.4. The third-order valence-electron chi connectivity index (χ3n) is 9.34. The van der Waals surface area contributed by atoms with Gasteiger partial charge in [0.05, 0.1) is 22.6 Å². The van der Waals surface area contributed by atoms with Crippen LogP contribution in [0.2, 0.25) is 0 Å². The minimum atomic E-state index is -4.35. The maximum absolute atomic E-state index is 14.0. The van der Waals surface area contributed by atoms with E-state index in [9.17, 15) is 22.8 Å². The average Bonchev–Trinajstić information content (AvgIpc) is 3.02. The molecule has 7 nitrogen and oxygen atoms in total. The van der Waals surface area contributed by atoms with Crippen molar-refractivity contribution in [2.24, 2.45) is 17.1 Å². The summed E-state index contributed by atoms with van der Waals surface area (Å²) in [4.78, 5) is 30.4. The molecular weight excluding hydrogens is 567 g/mol. The van der Waals surface area contributed by atoms with Gasteiger partial charge in [0.1, 0.15) is 0 Å².